The molecule has 0 saturated carbocycles. The van der Waals surface area contributed by atoms with Crippen molar-refractivity contribution in [3.63, 3.8) is 0 Å². The number of carboxylic acid groups (broad SMARTS) is 3. The van der Waals surface area contributed by atoms with Gasteiger partial charge >= 0.3 is 17.9 Å². The largest absolute Gasteiger partial charge is 0.478 e. The Labute approximate surface area is 416 Å². The van der Waals surface area contributed by atoms with Gasteiger partial charge in [0.1, 0.15) is 0 Å². The maximum absolute atomic E-state index is 11.9. The predicted molar refractivity (Wildman–Crippen MR) is 269 cm³/mol. The molecule has 0 heterocycles. The van der Waals surface area contributed by atoms with Gasteiger partial charge in [-0.2, -0.15) is 25.3 Å². The summed E-state index contributed by atoms with van der Waals surface area (Å²) in [7, 11) is -24.2. The Morgan fingerprint density at radius 1 is 0.500 bits per heavy atom. The number of hydrogen-bond donors (Lipinski definition) is 10. The van der Waals surface area contributed by atoms with Gasteiger partial charge < -0.3 is 26.0 Å². The summed E-state index contributed by atoms with van der Waals surface area (Å²) in [5.41, 5.74) is 0.931. The van der Waals surface area contributed by atoms with Gasteiger partial charge in [-0.05, 0) is 73.2 Å². The molecule has 32 heteroatoms. The van der Waals surface area contributed by atoms with Crippen molar-refractivity contribution in [1.82, 2.24) is 0 Å². The number of para-hydroxylation sites is 1. The average molecular weight is 1130 g/mol. The molecule has 10 N–H and O–H groups in total. The lowest BCUT2D eigenvalue weighted by atomic mass is 10.1. The number of nitrogens with zero attached hydrogens (tertiary/aromatic N) is 1. The monoisotopic (exact) mass is 1130 g/mol. The van der Waals surface area contributed by atoms with E-state index in [9.17, 15) is 75.1 Å². The van der Waals surface area contributed by atoms with Crippen LogP contribution in [-0.4, -0.2) is 146 Å². The van der Waals surface area contributed by atoms with Crippen LogP contribution < -0.4 is 24.4 Å². The van der Waals surface area contributed by atoms with Gasteiger partial charge in [-0.25, -0.2) is 39.6 Å². The Morgan fingerprint density at radius 3 is 1.43 bits per heavy atom. The molecule has 0 fully saturated rings. The maximum Gasteiger partial charge on any atom is 0.337 e. The molecule has 0 saturated heterocycles. The number of carboxylic acids is 3. The standard InChI is InChI=1S/C15H16N2O7S2.C15H24N2O7S2.C10H13NO7S2/c18-15(19)13-10-12(17-25(20,21)8-9-26(22,23)24)6-7-14(13)16-11-4-2-1-3-5-11;1-2-3-4-5-8-16-14-7-6-12(11-13(14)15(18)19)17-25(20,21)9-10-26(22,23)24;1-11(19(14,15)5-6-20(16,17)18)9-4-2-3-8(7-9)10(12)13/h1-7,10,16-17H,8-9H2,(H,18,19)(H,22,23,24);6-7,11,16-17H,2-5,8-10H2,1H3,(H,18,19)(H,22,23,24);2-4,7H,5-6H2,1H3,(H,12,13)(H,16,17,18). The first kappa shape index (κ1) is 62.0. The van der Waals surface area contributed by atoms with E-state index in [1.807, 2.05) is 0 Å². The average Bonchev–Trinajstić information content (AvgIpc) is 3.27. The lowest BCUT2D eigenvalue weighted by molar-refractivity contribution is 0.0686. The lowest BCUT2D eigenvalue weighted by Crippen LogP contribution is -2.31. The van der Waals surface area contributed by atoms with E-state index in [4.69, 9.17) is 18.8 Å². The summed E-state index contributed by atoms with van der Waals surface area (Å²) in [5.74, 6) is -9.08. The maximum atomic E-state index is 11.9. The van der Waals surface area contributed by atoms with E-state index in [0.29, 0.717) is 17.9 Å². The highest BCUT2D eigenvalue weighted by molar-refractivity contribution is 7.95. The Kier molecular flexibility index (Phi) is 23.3. The summed E-state index contributed by atoms with van der Waals surface area (Å²) in [6.45, 7) is 2.69. The first-order valence-electron chi connectivity index (χ1n) is 20.6. The number of unbranched alkanes of at least 4 members (excludes halogenated alkanes) is 3. The number of aromatic carboxylic acids is 3. The Morgan fingerprint density at radius 2 is 0.972 bits per heavy atom. The molecule has 0 aliphatic heterocycles. The van der Waals surface area contributed by atoms with E-state index in [1.165, 1.54) is 49.5 Å². The van der Waals surface area contributed by atoms with Gasteiger partial charge in [0.25, 0.3) is 30.4 Å². The Bertz CT molecular complexity index is 3210. The third kappa shape index (κ3) is 24.3. The molecule has 400 valence electrons. The van der Waals surface area contributed by atoms with Gasteiger partial charge in [0.15, 0.2) is 0 Å². The zero-order chi connectivity index (χ0) is 54.7. The second-order valence-electron chi connectivity index (χ2n) is 14.9. The van der Waals surface area contributed by atoms with Crippen LogP contribution in [0.3, 0.4) is 0 Å². The normalized spacial score (nSPS) is 11.9. The minimum atomic E-state index is -4.44. The zero-order valence-corrected chi connectivity index (χ0v) is 43.0. The molecule has 0 amide bonds. The second-order valence-corrected chi connectivity index (χ2v) is 25.5. The number of nitrogens with one attached hydrogen (secondary N) is 4. The van der Waals surface area contributed by atoms with Crippen LogP contribution in [0, 0.1) is 0 Å². The minimum absolute atomic E-state index is 0.00530. The van der Waals surface area contributed by atoms with E-state index < -0.39 is 113 Å². The molecule has 26 nitrogen and oxygen atoms in total. The van der Waals surface area contributed by atoms with Crippen LogP contribution in [0.15, 0.2) is 91.0 Å². The molecule has 0 aliphatic carbocycles. The summed E-state index contributed by atoms with van der Waals surface area (Å²) in [6, 6.07) is 21.8. The number of benzene rings is 4. The number of rotatable bonds is 26. The number of anilines is 6. The van der Waals surface area contributed by atoms with Crippen molar-refractivity contribution < 1.29 is 93.9 Å². The molecule has 72 heavy (non-hydrogen) atoms. The fraction of sp³-hybridized carbons (Fsp3) is 0.325. The quantitative estimate of drug-likeness (QED) is 0.0316. The molecule has 0 radical (unpaired) electrons. The van der Waals surface area contributed by atoms with Gasteiger partial charge in [0, 0.05) is 36.3 Å². The van der Waals surface area contributed by atoms with Crippen LogP contribution in [-0.2, 0) is 60.4 Å². The van der Waals surface area contributed by atoms with Crippen molar-refractivity contribution in [2.45, 2.75) is 32.6 Å². The van der Waals surface area contributed by atoms with Crippen LogP contribution in [0.4, 0.5) is 34.1 Å². The summed E-state index contributed by atoms with van der Waals surface area (Å²) in [5, 5.41) is 33.4. The van der Waals surface area contributed by atoms with Crippen molar-refractivity contribution in [1.29, 1.82) is 0 Å². The minimum Gasteiger partial charge on any atom is -0.478 e. The van der Waals surface area contributed by atoms with Gasteiger partial charge in [0.2, 0.25) is 30.1 Å². The molecule has 0 aromatic heterocycles. The Balaban J connectivity index is 0.000000374. The van der Waals surface area contributed by atoms with Crippen LogP contribution in [0.5, 0.6) is 0 Å². The topological polar surface area (TPSA) is 429 Å². The number of hydrogen-bond acceptors (Lipinski definition) is 17. The number of carbonyl (C=O) groups is 3. The molecule has 0 spiro atoms. The third-order valence-electron chi connectivity index (χ3n) is 9.14. The molecule has 0 atom stereocenters. The smallest absolute Gasteiger partial charge is 0.337 e. The molecule has 4 aromatic rings. The van der Waals surface area contributed by atoms with E-state index >= 15 is 0 Å². The highest BCUT2D eigenvalue weighted by atomic mass is 32.2. The first-order valence-corrected chi connectivity index (χ1v) is 30.3. The highest BCUT2D eigenvalue weighted by Gasteiger charge is 2.23. The van der Waals surface area contributed by atoms with Gasteiger partial charge in [-0.3, -0.25) is 27.4 Å². The predicted octanol–water partition coefficient (Wildman–Crippen LogP) is 3.80. The van der Waals surface area contributed by atoms with Crippen molar-refractivity contribution >= 4 is 112 Å². The van der Waals surface area contributed by atoms with Gasteiger partial charge in [-0.15, -0.1) is 0 Å². The van der Waals surface area contributed by atoms with Crippen molar-refractivity contribution in [3.8, 4) is 0 Å². The summed E-state index contributed by atoms with van der Waals surface area (Å²) < 4.78 is 166. The molecule has 0 unspecified atom stereocenters. The molecule has 0 bridgehead atoms. The van der Waals surface area contributed by atoms with Gasteiger partial charge in [0.05, 0.1) is 62.6 Å². The van der Waals surface area contributed by atoms with Crippen LogP contribution in [0.25, 0.3) is 0 Å². The molecule has 4 aromatic carbocycles. The fourth-order valence-corrected chi connectivity index (χ4v) is 12.5. The highest BCUT2D eigenvalue weighted by Crippen LogP contribution is 2.26. The molecular formula is C40H53N5O21S6. The summed E-state index contributed by atoms with van der Waals surface area (Å²) >= 11 is 0. The Hall–Kier alpha value is -6.13. The van der Waals surface area contributed by atoms with Crippen LogP contribution >= 0.6 is 0 Å². The third-order valence-corrected chi connectivity index (χ3v) is 16.4. The summed E-state index contributed by atoms with van der Waals surface area (Å²) in [6.07, 6.45) is 4.10. The first-order chi connectivity index (χ1) is 33.1. The van der Waals surface area contributed by atoms with Crippen LogP contribution in [0.1, 0.15) is 63.7 Å². The number of sulfonamides is 3. The van der Waals surface area contributed by atoms with Crippen LogP contribution in [0.2, 0.25) is 0 Å². The fourth-order valence-electron chi connectivity index (χ4n) is 5.52. The zero-order valence-electron chi connectivity index (χ0n) is 38.1. The van der Waals surface area contributed by atoms with E-state index in [0.717, 1.165) is 48.2 Å². The SMILES string of the molecule is CCCCCCNc1ccc(NS(=O)(=O)CCS(=O)(=O)O)cc1C(=O)O.CN(c1cccc(C(=O)O)c1)S(=O)(=O)CCS(=O)(=O)O.O=C(O)c1cc(NS(=O)(=O)CCS(=O)(=O)O)ccc1Nc1ccccc1. The van der Waals surface area contributed by atoms with E-state index in [1.54, 1.807) is 30.3 Å². The van der Waals surface area contributed by atoms with E-state index in [2.05, 4.69) is 27.0 Å². The van der Waals surface area contributed by atoms with Crippen molar-refractivity contribution in [2.24, 2.45) is 0 Å². The van der Waals surface area contributed by atoms with Crippen molar-refractivity contribution in [2.75, 3.05) is 72.5 Å². The molecular weight excluding hydrogens is 1080 g/mol. The summed E-state index contributed by atoms with van der Waals surface area (Å²) in [4.78, 5) is 33.7. The molecule has 0 aliphatic rings. The van der Waals surface area contributed by atoms with Crippen molar-refractivity contribution in [3.05, 3.63) is 108 Å². The van der Waals surface area contributed by atoms with Gasteiger partial charge in [-0.1, -0.05) is 50.5 Å². The van der Waals surface area contributed by atoms with E-state index in [-0.39, 0.29) is 39.4 Å². The molecule has 4 rings (SSSR count). The second kappa shape index (κ2) is 27.1. The lowest BCUT2D eigenvalue weighted by Gasteiger charge is -2.19.